The molecule has 0 unspecified atom stereocenters. The Bertz CT molecular complexity index is 1440. The highest BCUT2D eigenvalue weighted by atomic mass is 19.4. The van der Waals surface area contributed by atoms with Crippen molar-refractivity contribution >= 4 is 23.6 Å². The van der Waals surface area contributed by atoms with Gasteiger partial charge in [-0.1, -0.05) is 35.4 Å². The Labute approximate surface area is 203 Å². The maximum absolute atomic E-state index is 13.4. The van der Waals surface area contributed by atoms with Crippen molar-refractivity contribution in [3.05, 3.63) is 72.3 Å². The molecule has 2 aromatic carbocycles. The number of fused-ring (bicyclic) bond motifs is 4. The Morgan fingerprint density at radius 3 is 2.61 bits per heavy atom. The summed E-state index contributed by atoms with van der Waals surface area (Å²) in [6.45, 7) is 1.37. The average Bonchev–Trinajstić information content (AvgIpc) is 3.52. The molecule has 2 aliphatic heterocycles. The molecule has 0 aliphatic carbocycles. The summed E-state index contributed by atoms with van der Waals surface area (Å²) >= 11 is 0. The Morgan fingerprint density at radius 1 is 1.00 bits per heavy atom. The number of nitrogens with zero attached hydrogens (tertiary/aromatic N) is 5. The molecular formula is C25H19F3N6O2. The molecule has 6 rings (SSSR count). The Hall–Kier alpha value is -4.41. The first-order chi connectivity index (χ1) is 17.4. The minimum atomic E-state index is -4.47. The molecule has 0 saturated carbocycles. The van der Waals surface area contributed by atoms with Gasteiger partial charge in [-0.05, 0) is 42.8 Å². The number of carbonyl (C=O) groups is 1. The van der Waals surface area contributed by atoms with Crippen LogP contribution in [0.15, 0.2) is 71.1 Å². The minimum absolute atomic E-state index is 0.0603. The third kappa shape index (κ3) is 3.92. The molecule has 2 aromatic heterocycles. The molecule has 2 aliphatic rings. The normalized spacial score (nSPS) is 16.7. The van der Waals surface area contributed by atoms with E-state index in [0.717, 1.165) is 30.8 Å². The fraction of sp³-hybridized carbons (Fsp3) is 0.200. The number of alkyl halides is 3. The largest absolute Gasteiger partial charge is 0.416 e. The van der Waals surface area contributed by atoms with E-state index in [1.165, 1.54) is 11.0 Å². The fourth-order valence-electron chi connectivity index (χ4n) is 4.61. The highest BCUT2D eigenvalue weighted by Gasteiger charge is 2.41. The van der Waals surface area contributed by atoms with E-state index < -0.39 is 17.8 Å². The first kappa shape index (κ1) is 22.1. The summed E-state index contributed by atoms with van der Waals surface area (Å²) in [6.07, 6.45) is -3.74. The van der Waals surface area contributed by atoms with Gasteiger partial charge in [0.15, 0.2) is 5.82 Å². The van der Waals surface area contributed by atoms with E-state index in [-0.39, 0.29) is 17.9 Å². The van der Waals surface area contributed by atoms with Gasteiger partial charge in [-0.3, -0.25) is 10.2 Å². The SMILES string of the molecule is O=C(Nc1nnc(-c2ccccc2)o1)N1c2nc(-c3cccc(C(F)(F)F)c3)ccc2N2CC[C@H]1C2. The molecule has 36 heavy (non-hydrogen) atoms. The highest BCUT2D eigenvalue weighted by molar-refractivity contribution is 6.03. The van der Waals surface area contributed by atoms with Crippen LogP contribution in [0.5, 0.6) is 0 Å². The molecule has 4 aromatic rings. The number of anilines is 3. The van der Waals surface area contributed by atoms with Crippen LogP contribution in [0.2, 0.25) is 0 Å². The maximum Gasteiger partial charge on any atom is 0.416 e. The molecule has 2 amide bonds. The smallest absolute Gasteiger partial charge is 0.403 e. The summed E-state index contributed by atoms with van der Waals surface area (Å²) in [5.74, 6) is 0.640. The number of nitrogens with one attached hydrogen (secondary N) is 1. The molecule has 1 fully saturated rings. The quantitative estimate of drug-likeness (QED) is 0.409. The van der Waals surface area contributed by atoms with E-state index in [4.69, 9.17) is 4.42 Å². The molecule has 0 spiro atoms. The first-order valence-electron chi connectivity index (χ1n) is 11.3. The number of hydrogen-bond acceptors (Lipinski definition) is 6. The number of rotatable bonds is 3. The number of halogens is 3. The van der Waals surface area contributed by atoms with Gasteiger partial charge in [-0.2, -0.15) is 13.2 Å². The van der Waals surface area contributed by atoms with Gasteiger partial charge in [0.05, 0.1) is 23.0 Å². The summed E-state index contributed by atoms with van der Waals surface area (Å²) in [5, 5.41) is 10.6. The van der Waals surface area contributed by atoms with Gasteiger partial charge >= 0.3 is 18.2 Å². The summed E-state index contributed by atoms with van der Waals surface area (Å²) in [7, 11) is 0. The van der Waals surface area contributed by atoms with Gasteiger partial charge < -0.3 is 9.32 Å². The van der Waals surface area contributed by atoms with Crippen LogP contribution >= 0.6 is 0 Å². The van der Waals surface area contributed by atoms with Crippen molar-refractivity contribution in [3.63, 3.8) is 0 Å². The van der Waals surface area contributed by atoms with E-state index in [1.54, 1.807) is 18.2 Å². The molecule has 8 nitrogen and oxygen atoms in total. The molecule has 182 valence electrons. The summed E-state index contributed by atoms with van der Waals surface area (Å²) in [5.41, 5.74) is 1.34. The predicted octanol–water partition coefficient (Wildman–Crippen LogP) is 5.45. The number of urea groups is 1. The van der Waals surface area contributed by atoms with Crippen molar-refractivity contribution < 1.29 is 22.4 Å². The standard InChI is InChI=1S/C25H19F3N6O2/c26-25(27,28)17-8-4-7-16(13-17)19-9-10-20-21(29-19)34(18-11-12-33(20)14-18)24(35)30-23-32-31-22(36-23)15-5-2-1-3-6-15/h1-10,13,18H,11-12,14H2,(H,30,32,35)/t18-/m0/s1. The van der Waals surface area contributed by atoms with Crippen LogP contribution in [0.25, 0.3) is 22.7 Å². The van der Waals surface area contributed by atoms with Gasteiger partial charge in [-0.25, -0.2) is 9.78 Å². The van der Waals surface area contributed by atoms with Crippen LogP contribution in [-0.2, 0) is 6.18 Å². The average molecular weight is 492 g/mol. The van der Waals surface area contributed by atoms with Crippen LogP contribution in [0.4, 0.5) is 35.5 Å². The van der Waals surface area contributed by atoms with Crippen LogP contribution in [0.1, 0.15) is 12.0 Å². The molecule has 11 heteroatoms. The van der Waals surface area contributed by atoms with Gasteiger partial charge in [-0.15, -0.1) is 5.10 Å². The summed E-state index contributed by atoms with van der Waals surface area (Å²) in [6, 6.07) is 16.9. The van der Waals surface area contributed by atoms with E-state index in [0.29, 0.717) is 29.2 Å². The Morgan fingerprint density at radius 2 is 1.81 bits per heavy atom. The van der Waals surface area contributed by atoms with Crippen molar-refractivity contribution in [2.45, 2.75) is 18.6 Å². The van der Waals surface area contributed by atoms with Crippen molar-refractivity contribution in [2.75, 3.05) is 28.2 Å². The number of hydrogen-bond donors (Lipinski definition) is 1. The van der Waals surface area contributed by atoms with Crippen molar-refractivity contribution in [3.8, 4) is 22.7 Å². The third-order valence-corrected chi connectivity index (χ3v) is 6.32. The lowest BCUT2D eigenvalue weighted by Gasteiger charge is -2.35. The van der Waals surface area contributed by atoms with E-state index >= 15 is 0 Å². The van der Waals surface area contributed by atoms with E-state index in [2.05, 4.69) is 25.4 Å². The molecule has 1 N–H and O–H groups in total. The second-order valence-corrected chi connectivity index (χ2v) is 8.58. The number of pyridine rings is 1. The van der Waals surface area contributed by atoms with Gasteiger partial charge in [0.25, 0.3) is 0 Å². The van der Waals surface area contributed by atoms with E-state index in [9.17, 15) is 18.0 Å². The lowest BCUT2D eigenvalue weighted by Crippen LogP contribution is -2.48. The van der Waals surface area contributed by atoms with Crippen LogP contribution in [-0.4, -0.2) is 40.3 Å². The van der Waals surface area contributed by atoms with Gasteiger partial charge in [0.2, 0.25) is 5.89 Å². The van der Waals surface area contributed by atoms with Gasteiger partial charge in [0, 0.05) is 24.2 Å². The summed E-state index contributed by atoms with van der Waals surface area (Å²) in [4.78, 5) is 21.7. The summed E-state index contributed by atoms with van der Waals surface area (Å²) < 4.78 is 45.4. The van der Waals surface area contributed by atoms with E-state index in [1.807, 2.05) is 30.3 Å². The molecule has 1 saturated heterocycles. The zero-order valence-corrected chi connectivity index (χ0v) is 18.7. The molecule has 1 atom stereocenters. The number of amides is 2. The van der Waals surface area contributed by atoms with Crippen molar-refractivity contribution in [2.24, 2.45) is 0 Å². The van der Waals surface area contributed by atoms with Crippen molar-refractivity contribution in [1.82, 2.24) is 15.2 Å². The monoisotopic (exact) mass is 492 g/mol. The molecule has 0 radical (unpaired) electrons. The van der Waals surface area contributed by atoms with Crippen LogP contribution in [0.3, 0.4) is 0 Å². The lowest BCUT2D eigenvalue weighted by molar-refractivity contribution is -0.137. The minimum Gasteiger partial charge on any atom is -0.403 e. The van der Waals surface area contributed by atoms with Crippen LogP contribution in [0, 0.1) is 0 Å². The topological polar surface area (TPSA) is 87.4 Å². The fourth-order valence-corrected chi connectivity index (χ4v) is 4.61. The Kier molecular flexibility index (Phi) is 5.13. The van der Waals surface area contributed by atoms with Crippen molar-refractivity contribution in [1.29, 1.82) is 0 Å². The maximum atomic E-state index is 13.4. The zero-order chi connectivity index (χ0) is 24.9. The molecular weight excluding hydrogens is 473 g/mol. The Balaban J connectivity index is 1.32. The second-order valence-electron chi connectivity index (χ2n) is 8.58. The number of carbonyl (C=O) groups excluding carboxylic acids is 1. The van der Waals surface area contributed by atoms with Gasteiger partial charge in [0.1, 0.15) is 0 Å². The molecule has 4 heterocycles. The molecule has 2 bridgehead atoms. The number of aromatic nitrogens is 3. The first-order valence-corrected chi connectivity index (χ1v) is 11.3. The highest BCUT2D eigenvalue weighted by Crippen LogP contribution is 2.41. The second kappa shape index (κ2) is 8.36. The third-order valence-electron chi connectivity index (χ3n) is 6.32. The zero-order valence-electron chi connectivity index (χ0n) is 18.7. The predicted molar refractivity (Wildman–Crippen MR) is 127 cm³/mol. The van der Waals surface area contributed by atoms with Crippen LogP contribution < -0.4 is 15.1 Å². The number of benzene rings is 2. The lowest BCUT2D eigenvalue weighted by atomic mass is 10.1.